The van der Waals surface area contributed by atoms with Gasteiger partial charge in [-0.3, -0.25) is 0 Å². The number of benzene rings is 1. The highest BCUT2D eigenvalue weighted by Gasteiger charge is 2.43. The van der Waals surface area contributed by atoms with Crippen LogP contribution in [0.4, 0.5) is 5.69 Å². The number of aliphatic hydroxyl groups excluding tert-OH is 1. The van der Waals surface area contributed by atoms with Gasteiger partial charge in [-0.05, 0) is 32.3 Å². The van der Waals surface area contributed by atoms with E-state index in [1.54, 1.807) is 0 Å². The van der Waals surface area contributed by atoms with Crippen LogP contribution in [0.1, 0.15) is 37.9 Å². The van der Waals surface area contributed by atoms with Crippen LogP contribution in [0.5, 0.6) is 0 Å². The van der Waals surface area contributed by atoms with E-state index in [2.05, 4.69) is 36.1 Å². The lowest BCUT2D eigenvalue weighted by Crippen LogP contribution is -2.46. The van der Waals surface area contributed by atoms with E-state index in [-0.39, 0.29) is 12.7 Å². The van der Waals surface area contributed by atoms with Crippen LogP contribution in [-0.4, -0.2) is 30.9 Å². The van der Waals surface area contributed by atoms with E-state index < -0.39 is 0 Å². The Hall–Kier alpha value is -1.06. The van der Waals surface area contributed by atoms with Crippen LogP contribution < -0.4 is 4.90 Å². The Balaban J connectivity index is 1.97. The van der Waals surface area contributed by atoms with Gasteiger partial charge in [-0.2, -0.15) is 0 Å². The lowest BCUT2D eigenvalue weighted by molar-refractivity contribution is 0.0765. The molecule has 1 saturated heterocycles. The van der Waals surface area contributed by atoms with E-state index in [9.17, 15) is 0 Å². The molecular weight excluding hydrogens is 238 g/mol. The molecule has 1 aromatic carbocycles. The molecule has 3 atom stereocenters. The number of aliphatic hydroxyl groups is 1. The number of hydrogen-bond acceptors (Lipinski definition) is 3. The standard InChI is InChI=1S/C16H23NO2/c1-2-17-14-7-4-3-6-12(14)16-13(9-11-19-16)15(17)8-5-10-18/h3-4,6-7,13,15-16,18H,2,5,8-11H2,1H3. The number of hydrogen-bond donors (Lipinski definition) is 1. The van der Waals surface area contributed by atoms with E-state index in [0.29, 0.717) is 12.0 Å². The van der Waals surface area contributed by atoms with Crippen molar-refractivity contribution in [3.8, 4) is 0 Å². The summed E-state index contributed by atoms with van der Waals surface area (Å²) < 4.78 is 6.00. The van der Waals surface area contributed by atoms with Crippen molar-refractivity contribution in [3.05, 3.63) is 29.8 Å². The Morgan fingerprint density at radius 3 is 3.00 bits per heavy atom. The molecule has 0 saturated carbocycles. The minimum Gasteiger partial charge on any atom is -0.396 e. The number of para-hydroxylation sites is 1. The molecule has 19 heavy (non-hydrogen) atoms. The van der Waals surface area contributed by atoms with E-state index in [0.717, 1.165) is 32.4 Å². The average Bonchev–Trinajstić information content (AvgIpc) is 2.93. The molecule has 0 amide bonds. The van der Waals surface area contributed by atoms with Crippen molar-refractivity contribution in [2.75, 3.05) is 24.7 Å². The Morgan fingerprint density at radius 1 is 1.37 bits per heavy atom. The zero-order valence-corrected chi connectivity index (χ0v) is 11.6. The Kier molecular flexibility index (Phi) is 3.76. The minimum atomic E-state index is 0.266. The SMILES string of the molecule is CCN1c2ccccc2C2OCCC2C1CCCO. The van der Waals surface area contributed by atoms with Crippen LogP contribution in [0, 0.1) is 5.92 Å². The third-order valence-corrected chi connectivity index (χ3v) is 4.58. The van der Waals surface area contributed by atoms with Crippen molar-refractivity contribution >= 4 is 5.69 Å². The first-order valence-corrected chi connectivity index (χ1v) is 7.44. The van der Waals surface area contributed by atoms with Crippen molar-refractivity contribution < 1.29 is 9.84 Å². The highest BCUT2D eigenvalue weighted by atomic mass is 16.5. The third-order valence-electron chi connectivity index (χ3n) is 4.58. The first kappa shape index (κ1) is 12.9. The quantitative estimate of drug-likeness (QED) is 0.904. The molecule has 0 spiro atoms. The molecule has 1 fully saturated rings. The van der Waals surface area contributed by atoms with Crippen molar-refractivity contribution in [1.82, 2.24) is 0 Å². The summed E-state index contributed by atoms with van der Waals surface area (Å²) in [6.45, 7) is 4.40. The van der Waals surface area contributed by atoms with Gasteiger partial charge in [0.15, 0.2) is 0 Å². The average molecular weight is 261 g/mol. The molecular formula is C16H23NO2. The zero-order chi connectivity index (χ0) is 13.2. The van der Waals surface area contributed by atoms with Crippen LogP contribution >= 0.6 is 0 Å². The normalized spacial score (nSPS) is 29.2. The molecule has 0 bridgehead atoms. The van der Waals surface area contributed by atoms with Crippen LogP contribution in [-0.2, 0) is 4.74 Å². The molecule has 0 aliphatic carbocycles. The number of rotatable bonds is 4. The predicted molar refractivity (Wildman–Crippen MR) is 76.4 cm³/mol. The number of anilines is 1. The van der Waals surface area contributed by atoms with Gasteiger partial charge in [0.05, 0.1) is 6.10 Å². The molecule has 1 aromatic rings. The second-order valence-electron chi connectivity index (χ2n) is 5.52. The molecule has 3 unspecified atom stereocenters. The molecule has 3 heteroatoms. The summed E-state index contributed by atoms with van der Waals surface area (Å²) in [5.74, 6) is 0.585. The molecule has 2 aliphatic rings. The second kappa shape index (κ2) is 5.51. The summed E-state index contributed by atoms with van der Waals surface area (Å²) in [5, 5.41) is 9.14. The fourth-order valence-corrected chi connectivity index (χ4v) is 3.80. The molecule has 3 nitrogen and oxygen atoms in total. The predicted octanol–water partition coefficient (Wildman–Crippen LogP) is 2.75. The van der Waals surface area contributed by atoms with Gasteiger partial charge in [-0.25, -0.2) is 0 Å². The third kappa shape index (κ3) is 2.15. The highest BCUT2D eigenvalue weighted by Crippen LogP contribution is 2.48. The Bertz CT molecular complexity index is 435. The van der Waals surface area contributed by atoms with Crippen LogP contribution in [0.25, 0.3) is 0 Å². The molecule has 104 valence electrons. The molecule has 0 aromatic heterocycles. The van der Waals surface area contributed by atoms with Crippen molar-refractivity contribution in [3.63, 3.8) is 0 Å². The summed E-state index contributed by atoms with van der Waals surface area (Å²) in [6, 6.07) is 9.16. The van der Waals surface area contributed by atoms with Gasteiger partial charge in [0.25, 0.3) is 0 Å². The summed E-state index contributed by atoms with van der Waals surface area (Å²) >= 11 is 0. The maximum absolute atomic E-state index is 9.14. The van der Waals surface area contributed by atoms with E-state index in [4.69, 9.17) is 9.84 Å². The van der Waals surface area contributed by atoms with Crippen molar-refractivity contribution in [1.29, 1.82) is 0 Å². The fourth-order valence-electron chi connectivity index (χ4n) is 3.80. The number of fused-ring (bicyclic) bond motifs is 3. The molecule has 3 rings (SSSR count). The summed E-state index contributed by atoms with van der Waals surface area (Å²) in [6.07, 6.45) is 3.35. The van der Waals surface area contributed by atoms with E-state index in [1.165, 1.54) is 11.3 Å². The lowest BCUT2D eigenvalue weighted by atomic mass is 9.81. The molecule has 2 heterocycles. The second-order valence-corrected chi connectivity index (χ2v) is 5.52. The zero-order valence-electron chi connectivity index (χ0n) is 11.6. The van der Waals surface area contributed by atoms with Crippen LogP contribution in [0.2, 0.25) is 0 Å². The van der Waals surface area contributed by atoms with E-state index >= 15 is 0 Å². The monoisotopic (exact) mass is 261 g/mol. The Morgan fingerprint density at radius 2 is 2.21 bits per heavy atom. The van der Waals surface area contributed by atoms with Crippen LogP contribution in [0.15, 0.2) is 24.3 Å². The van der Waals surface area contributed by atoms with Gasteiger partial charge in [-0.15, -0.1) is 0 Å². The first-order valence-electron chi connectivity index (χ1n) is 7.44. The van der Waals surface area contributed by atoms with Crippen molar-refractivity contribution in [2.45, 2.75) is 38.3 Å². The smallest absolute Gasteiger partial charge is 0.0893 e. The van der Waals surface area contributed by atoms with Gasteiger partial charge >= 0.3 is 0 Å². The Labute approximate surface area is 115 Å². The lowest BCUT2D eigenvalue weighted by Gasteiger charge is -2.44. The number of ether oxygens (including phenoxy) is 1. The van der Waals surface area contributed by atoms with Gasteiger partial charge in [0.2, 0.25) is 0 Å². The van der Waals surface area contributed by atoms with Gasteiger partial charge in [-0.1, -0.05) is 18.2 Å². The van der Waals surface area contributed by atoms with Gasteiger partial charge < -0.3 is 14.7 Å². The number of nitrogens with zero attached hydrogens (tertiary/aromatic N) is 1. The maximum Gasteiger partial charge on any atom is 0.0893 e. The van der Waals surface area contributed by atoms with Gasteiger partial charge in [0, 0.05) is 43.0 Å². The van der Waals surface area contributed by atoms with Gasteiger partial charge in [0.1, 0.15) is 0 Å². The minimum absolute atomic E-state index is 0.266. The molecule has 2 aliphatic heterocycles. The summed E-state index contributed by atoms with van der Waals surface area (Å²) in [4.78, 5) is 2.51. The van der Waals surface area contributed by atoms with Crippen molar-refractivity contribution in [2.24, 2.45) is 5.92 Å². The largest absolute Gasteiger partial charge is 0.396 e. The molecule has 1 N–H and O–H groups in total. The molecule has 0 radical (unpaired) electrons. The highest BCUT2D eigenvalue weighted by molar-refractivity contribution is 5.58. The van der Waals surface area contributed by atoms with E-state index in [1.807, 2.05) is 0 Å². The fraction of sp³-hybridized carbons (Fsp3) is 0.625. The first-order chi connectivity index (χ1) is 9.36. The summed E-state index contributed by atoms with van der Waals surface area (Å²) in [5.41, 5.74) is 2.68. The van der Waals surface area contributed by atoms with Crippen LogP contribution in [0.3, 0.4) is 0 Å². The maximum atomic E-state index is 9.14. The topological polar surface area (TPSA) is 32.7 Å². The summed E-state index contributed by atoms with van der Waals surface area (Å²) in [7, 11) is 0.